The average Bonchev–Trinajstić information content (AvgIpc) is 2.64. The first-order valence-corrected chi connectivity index (χ1v) is 6.79. The summed E-state index contributed by atoms with van der Waals surface area (Å²) >= 11 is 4.87. The van der Waals surface area contributed by atoms with Crippen molar-refractivity contribution in [2.45, 2.75) is 20.3 Å². The average molecular weight is 290 g/mol. The van der Waals surface area contributed by atoms with Crippen LogP contribution < -0.4 is 0 Å². The van der Waals surface area contributed by atoms with Gasteiger partial charge < -0.3 is 0 Å². The molecule has 0 amide bonds. The highest BCUT2D eigenvalue weighted by atomic mass is 79.9. The second kappa shape index (κ2) is 6.40. The Bertz CT molecular complexity index is 324. The zero-order chi connectivity index (χ0) is 11.3. The molecule has 1 aromatic heterocycles. The normalized spacial score (nSPS) is 10.9. The summed E-state index contributed by atoms with van der Waals surface area (Å²) in [7, 11) is 0. The van der Waals surface area contributed by atoms with E-state index in [4.69, 9.17) is 0 Å². The number of carbonyl (C=O) groups excluding carboxylic acids is 1. The van der Waals surface area contributed by atoms with Crippen molar-refractivity contribution in [3.05, 3.63) is 20.8 Å². The molecule has 0 radical (unpaired) electrons. The van der Waals surface area contributed by atoms with E-state index in [1.54, 1.807) is 0 Å². The first-order valence-electron chi connectivity index (χ1n) is 5.18. The van der Waals surface area contributed by atoms with Crippen LogP contribution in [0.25, 0.3) is 0 Å². The summed E-state index contributed by atoms with van der Waals surface area (Å²) in [6, 6.07) is 3.81. The molecule has 1 heterocycles. The number of hydrogen-bond acceptors (Lipinski definition) is 3. The van der Waals surface area contributed by atoms with Crippen molar-refractivity contribution in [1.82, 2.24) is 4.90 Å². The van der Waals surface area contributed by atoms with Gasteiger partial charge in [0.1, 0.15) is 0 Å². The first-order chi connectivity index (χ1) is 7.17. The minimum atomic E-state index is 0.223. The summed E-state index contributed by atoms with van der Waals surface area (Å²) in [5.74, 6) is 0.223. The van der Waals surface area contributed by atoms with Gasteiger partial charge in [0.25, 0.3) is 0 Å². The summed E-state index contributed by atoms with van der Waals surface area (Å²) < 4.78 is 1.02. The Morgan fingerprint density at radius 1 is 1.47 bits per heavy atom. The predicted octanol–water partition coefficient (Wildman–Crippen LogP) is 3.43. The minimum Gasteiger partial charge on any atom is -0.296 e. The molecule has 0 aliphatic carbocycles. The van der Waals surface area contributed by atoms with Gasteiger partial charge in [-0.2, -0.15) is 0 Å². The highest BCUT2D eigenvalue weighted by Gasteiger charge is 2.12. The molecule has 0 spiro atoms. The van der Waals surface area contributed by atoms with Crippen LogP contribution in [0.15, 0.2) is 15.9 Å². The zero-order valence-corrected chi connectivity index (χ0v) is 11.5. The minimum absolute atomic E-state index is 0.223. The summed E-state index contributed by atoms with van der Waals surface area (Å²) in [5, 5.41) is 0. The van der Waals surface area contributed by atoms with Crippen molar-refractivity contribution in [3.8, 4) is 0 Å². The Morgan fingerprint density at radius 3 is 2.67 bits per heavy atom. The molecular weight excluding hydrogens is 274 g/mol. The van der Waals surface area contributed by atoms with Crippen molar-refractivity contribution in [2.24, 2.45) is 0 Å². The van der Waals surface area contributed by atoms with Crippen molar-refractivity contribution >= 4 is 33.0 Å². The van der Waals surface area contributed by atoms with Crippen molar-refractivity contribution < 1.29 is 4.79 Å². The lowest BCUT2D eigenvalue weighted by atomic mass is 10.3. The molecule has 0 bridgehead atoms. The Labute approximate surface area is 103 Å². The second-order valence-corrected chi connectivity index (χ2v) is 5.86. The van der Waals surface area contributed by atoms with E-state index in [-0.39, 0.29) is 5.78 Å². The molecule has 0 aliphatic rings. The highest BCUT2D eigenvalue weighted by Crippen LogP contribution is 2.22. The Balaban J connectivity index is 2.54. The first kappa shape index (κ1) is 12.9. The number of ketones is 1. The fourth-order valence-electron chi connectivity index (χ4n) is 1.41. The maximum Gasteiger partial charge on any atom is 0.186 e. The van der Waals surface area contributed by atoms with Gasteiger partial charge in [0.15, 0.2) is 5.78 Å². The fraction of sp³-hybridized carbons (Fsp3) is 0.545. The molecule has 0 aliphatic heterocycles. The van der Waals surface area contributed by atoms with E-state index in [9.17, 15) is 4.79 Å². The van der Waals surface area contributed by atoms with Gasteiger partial charge in [-0.1, -0.05) is 13.8 Å². The number of hydrogen-bond donors (Lipinski definition) is 0. The molecular formula is C11H16BrNOS. The largest absolute Gasteiger partial charge is 0.296 e. The van der Waals surface area contributed by atoms with E-state index in [0.717, 1.165) is 28.2 Å². The highest BCUT2D eigenvalue weighted by molar-refractivity contribution is 9.11. The molecule has 1 rings (SSSR count). The Morgan fingerprint density at radius 2 is 2.20 bits per heavy atom. The third-order valence-corrected chi connectivity index (χ3v) is 3.87. The van der Waals surface area contributed by atoms with Crippen molar-refractivity contribution in [1.29, 1.82) is 0 Å². The molecule has 1 aromatic rings. The van der Waals surface area contributed by atoms with Crippen LogP contribution in [0.1, 0.15) is 29.9 Å². The lowest BCUT2D eigenvalue weighted by Gasteiger charge is -2.17. The van der Waals surface area contributed by atoms with Crippen LogP contribution in [0, 0.1) is 0 Å². The van der Waals surface area contributed by atoms with Crippen LogP contribution in [-0.4, -0.2) is 30.3 Å². The molecule has 0 unspecified atom stereocenters. The standard InChI is InChI=1S/C11H16BrNOS/c1-3-7-13(4-2)8-9(14)10-5-6-11(12)15-10/h5-6H,3-4,7-8H2,1-2H3. The second-order valence-electron chi connectivity index (χ2n) is 3.40. The summed E-state index contributed by atoms with van der Waals surface area (Å²) in [6.07, 6.45) is 1.09. The van der Waals surface area contributed by atoms with Crippen LogP contribution in [0.4, 0.5) is 0 Å². The van der Waals surface area contributed by atoms with Gasteiger partial charge in [0, 0.05) is 0 Å². The van der Waals surface area contributed by atoms with E-state index in [1.165, 1.54) is 11.3 Å². The van der Waals surface area contributed by atoms with E-state index in [0.29, 0.717) is 6.54 Å². The number of rotatable bonds is 6. The molecule has 15 heavy (non-hydrogen) atoms. The Kier molecular flexibility index (Phi) is 5.50. The smallest absolute Gasteiger partial charge is 0.186 e. The zero-order valence-electron chi connectivity index (χ0n) is 9.12. The molecule has 0 atom stereocenters. The summed E-state index contributed by atoms with van der Waals surface area (Å²) in [4.78, 5) is 14.9. The van der Waals surface area contributed by atoms with Crippen LogP contribution >= 0.6 is 27.3 Å². The number of Topliss-reactive ketones (excluding diaryl/α,β-unsaturated/α-hetero) is 1. The van der Waals surface area contributed by atoms with Gasteiger partial charge in [-0.3, -0.25) is 9.69 Å². The van der Waals surface area contributed by atoms with E-state index in [2.05, 4.69) is 34.7 Å². The summed E-state index contributed by atoms with van der Waals surface area (Å²) in [6.45, 7) is 6.69. The van der Waals surface area contributed by atoms with Crippen molar-refractivity contribution in [3.63, 3.8) is 0 Å². The lowest BCUT2D eigenvalue weighted by Crippen LogP contribution is -2.30. The molecule has 0 saturated heterocycles. The molecule has 0 aromatic carbocycles. The summed E-state index contributed by atoms with van der Waals surface area (Å²) in [5.41, 5.74) is 0. The van der Waals surface area contributed by atoms with Crippen LogP contribution in [0.2, 0.25) is 0 Å². The van der Waals surface area contributed by atoms with E-state index < -0.39 is 0 Å². The number of nitrogens with zero attached hydrogens (tertiary/aromatic N) is 1. The van der Waals surface area contributed by atoms with Gasteiger partial charge in [0.05, 0.1) is 15.2 Å². The van der Waals surface area contributed by atoms with Gasteiger partial charge in [-0.05, 0) is 47.6 Å². The lowest BCUT2D eigenvalue weighted by molar-refractivity contribution is 0.0938. The molecule has 0 fully saturated rings. The fourth-order valence-corrected chi connectivity index (χ4v) is 2.73. The van der Waals surface area contributed by atoms with E-state index >= 15 is 0 Å². The number of carbonyl (C=O) groups is 1. The third kappa shape index (κ3) is 4.05. The molecule has 4 heteroatoms. The van der Waals surface area contributed by atoms with Crippen LogP contribution in [0.3, 0.4) is 0 Å². The molecule has 84 valence electrons. The number of likely N-dealkylation sites (N-methyl/N-ethyl adjacent to an activating group) is 1. The topological polar surface area (TPSA) is 20.3 Å². The third-order valence-electron chi connectivity index (χ3n) is 2.20. The van der Waals surface area contributed by atoms with Crippen LogP contribution in [0.5, 0.6) is 0 Å². The van der Waals surface area contributed by atoms with Gasteiger partial charge in [0.2, 0.25) is 0 Å². The predicted molar refractivity (Wildman–Crippen MR) is 68.8 cm³/mol. The SMILES string of the molecule is CCCN(CC)CC(=O)c1ccc(Br)s1. The maximum absolute atomic E-state index is 11.9. The number of thiophene rings is 1. The molecule has 2 nitrogen and oxygen atoms in total. The van der Waals surface area contributed by atoms with Crippen LogP contribution in [-0.2, 0) is 0 Å². The van der Waals surface area contributed by atoms with Gasteiger partial charge in [-0.15, -0.1) is 11.3 Å². The molecule has 0 saturated carbocycles. The quantitative estimate of drug-likeness (QED) is 0.748. The Hall–Kier alpha value is -0.190. The monoisotopic (exact) mass is 289 g/mol. The van der Waals surface area contributed by atoms with Crippen molar-refractivity contribution in [2.75, 3.05) is 19.6 Å². The molecule has 0 N–H and O–H groups in total. The maximum atomic E-state index is 11.9. The number of halogens is 1. The van der Waals surface area contributed by atoms with Gasteiger partial charge >= 0.3 is 0 Å². The van der Waals surface area contributed by atoms with Gasteiger partial charge in [-0.25, -0.2) is 0 Å². The van der Waals surface area contributed by atoms with E-state index in [1.807, 2.05) is 12.1 Å².